The lowest BCUT2D eigenvalue weighted by Crippen LogP contribution is -2.15. The number of ether oxygens (including phenoxy) is 2. The number of pyridine rings is 1. The Morgan fingerprint density at radius 1 is 1.33 bits per heavy atom. The zero-order valence-corrected chi connectivity index (χ0v) is 10.3. The molecule has 2 rings (SSSR count). The second-order valence-electron chi connectivity index (χ2n) is 3.68. The fourth-order valence-electron chi connectivity index (χ4n) is 1.83. The molecule has 0 aliphatic rings. The van der Waals surface area contributed by atoms with Crippen molar-refractivity contribution in [3.63, 3.8) is 0 Å². The third-order valence-electron chi connectivity index (χ3n) is 2.65. The van der Waals surface area contributed by atoms with Crippen LogP contribution in [0.25, 0.3) is 11.0 Å². The van der Waals surface area contributed by atoms with Crippen LogP contribution in [0, 0.1) is 0 Å². The van der Waals surface area contributed by atoms with E-state index in [2.05, 4.69) is 9.72 Å². The molecule has 0 amide bonds. The maximum absolute atomic E-state index is 11.8. The summed E-state index contributed by atoms with van der Waals surface area (Å²) in [6, 6.07) is 1.69. The molecule has 2 aromatic heterocycles. The number of aryl methyl sites for hydroxylation is 1. The van der Waals surface area contributed by atoms with Gasteiger partial charge in [-0.2, -0.15) is 0 Å². The molecule has 0 aliphatic heterocycles. The third-order valence-corrected chi connectivity index (χ3v) is 2.65. The second-order valence-corrected chi connectivity index (χ2v) is 3.68. The molecule has 2 heterocycles. The van der Waals surface area contributed by atoms with Crippen molar-refractivity contribution < 1.29 is 19.1 Å². The van der Waals surface area contributed by atoms with Crippen molar-refractivity contribution in [1.29, 1.82) is 0 Å². The van der Waals surface area contributed by atoms with Crippen molar-refractivity contribution in [2.75, 3.05) is 14.2 Å². The van der Waals surface area contributed by atoms with Gasteiger partial charge < -0.3 is 14.0 Å². The molecule has 0 aromatic carbocycles. The summed E-state index contributed by atoms with van der Waals surface area (Å²) in [4.78, 5) is 27.2. The van der Waals surface area contributed by atoms with E-state index in [1.54, 1.807) is 23.9 Å². The number of hydrogen-bond acceptors (Lipinski definition) is 5. The molecule has 0 spiro atoms. The summed E-state index contributed by atoms with van der Waals surface area (Å²) in [6.45, 7) is 0. The van der Waals surface area contributed by atoms with Crippen LogP contribution in [0.15, 0.2) is 18.5 Å². The minimum absolute atomic E-state index is 0.207. The number of carbonyl (C=O) groups is 2. The lowest BCUT2D eigenvalue weighted by molar-refractivity contribution is -0.135. The Kier molecular flexibility index (Phi) is 3.01. The minimum atomic E-state index is -0.910. The van der Waals surface area contributed by atoms with Crippen LogP contribution in [0.1, 0.15) is 10.4 Å². The maximum atomic E-state index is 11.8. The molecule has 0 saturated heterocycles. The molecule has 18 heavy (non-hydrogen) atoms. The van der Waals surface area contributed by atoms with Gasteiger partial charge in [0.25, 0.3) is 5.78 Å². The van der Waals surface area contributed by atoms with E-state index in [4.69, 9.17) is 4.74 Å². The summed E-state index contributed by atoms with van der Waals surface area (Å²) in [7, 11) is 4.45. The smallest absolute Gasteiger partial charge is 0.379 e. The van der Waals surface area contributed by atoms with Crippen LogP contribution in [0.5, 0.6) is 5.75 Å². The minimum Gasteiger partial charge on any atom is -0.494 e. The average Bonchev–Trinajstić information content (AvgIpc) is 2.74. The van der Waals surface area contributed by atoms with E-state index < -0.39 is 11.8 Å². The Morgan fingerprint density at radius 3 is 2.67 bits per heavy atom. The zero-order chi connectivity index (χ0) is 13.3. The molecule has 0 aliphatic carbocycles. The van der Waals surface area contributed by atoms with Gasteiger partial charge in [-0.25, -0.2) is 4.79 Å². The van der Waals surface area contributed by atoms with Gasteiger partial charge in [0.15, 0.2) is 0 Å². The maximum Gasteiger partial charge on any atom is 0.379 e. The Balaban J connectivity index is 2.68. The highest BCUT2D eigenvalue weighted by Crippen LogP contribution is 2.27. The normalized spacial score (nSPS) is 10.4. The van der Waals surface area contributed by atoms with Crippen molar-refractivity contribution in [2.45, 2.75) is 0 Å². The average molecular weight is 248 g/mol. The fourth-order valence-corrected chi connectivity index (χ4v) is 1.83. The zero-order valence-electron chi connectivity index (χ0n) is 10.3. The van der Waals surface area contributed by atoms with Crippen LogP contribution in [0.3, 0.4) is 0 Å². The Bertz CT molecular complexity index is 630. The van der Waals surface area contributed by atoms with E-state index in [-0.39, 0.29) is 5.56 Å². The highest BCUT2D eigenvalue weighted by molar-refractivity contribution is 6.42. The number of ketones is 1. The largest absolute Gasteiger partial charge is 0.494 e. The number of carbonyl (C=O) groups excluding carboxylic acids is 2. The number of rotatable bonds is 3. The summed E-state index contributed by atoms with van der Waals surface area (Å²) in [5.41, 5.74) is 1.29. The van der Waals surface area contributed by atoms with E-state index >= 15 is 0 Å². The molecule has 0 bridgehead atoms. The predicted molar refractivity (Wildman–Crippen MR) is 63.6 cm³/mol. The standard InChI is InChI=1S/C12H12N2O4/c1-14-6-7(11(15)12(16)18-3)9-10(14)8(17-2)4-5-13-9/h4-6H,1-3H3. The van der Waals surface area contributed by atoms with Crippen LogP contribution >= 0.6 is 0 Å². The van der Waals surface area contributed by atoms with Crippen LogP contribution < -0.4 is 4.74 Å². The number of Topliss-reactive ketones (excluding diaryl/α,β-unsaturated/α-hetero) is 1. The summed E-state index contributed by atoms with van der Waals surface area (Å²) in [5, 5.41) is 0. The predicted octanol–water partition coefficient (Wildman–Crippen LogP) is 0.938. The van der Waals surface area contributed by atoms with Crippen LogP contribution in [0.4, 0.5) is 0 Å². The summed E-state index contributed by atoms with van der Waals surface area (Å²) >= 11 is 0. The van der Waals surface area contributed by atoms with Crippen molar-refractivity contribution in [3.8, 4) is 5.75 Å². The molecule has 6 nitrogen and oxygen atoms in total. The van der Waals surface area contributed by atoms with E-state index in [1.165, 1.54) is 20.4 Å². The van der Waals surface area contributed by atoms with Crippen LogP contribution in [-0.2, 0) is 16.6 Å². The SMILES string of the molecule is COC(=O)C(=O)c1cn(C)c2c(OC)ccnc12. The van der Waals surface area contributed by atoms with Crippen molar-refractivity contribution in [2.24, 2.45) is 7.05 Å². The van der Waals surface area contributed by atoms with Crippen molar-refractivity contribution in [1.82, 2.24) is 9.55 Å². The third kappa shape index (κ3) is 1.71. The van der Waals surface area contributed by atoms with E-state index in [0.29, 0.717) is 16.8 Å². The number of aromatic nitrogens is 2. The van der Waals surface area contributed by atoms with Gasteiger partial charge in [0, 0.05) is 25.5 Å². The first kappa shape index (κ1) is 12.1. The van der Waals surface area contributed by atoms with E-state index in [1.807, 2.05) is 0 Å². The first-order valence-electron chi connectivity index (χ1n) is 5.20. The lowest BCUT2D eigenvalue weighted by atomic mass is 10.2. The molecule has 0 radical (unpaired) electrons. The molecular formula is C12H12N2O4. The molecule has 0 saturated carbocycles. The molecule has 94 valence electrons. The quantitative estimate of drug-likeness (QED) is 0.459. The molecule has 0 fully saturated rings. The molecule has 6 heteroatoms. The van der Waals surface area contributed by atoms with Gasteiger partial charge in [-0.15, -0.1) is 0 Å². The monoisotopic (exact) mass is 248 g/mol. The number of methoxy groups -OCH3 is 2. The molecule has 2 aromatic rings. The first-order valence-corrected chi connectivity index (χ1v) is 5.20. The van der Waals surface area contributed by atoms with E-state index in [0.717, 1.165) is 0 Å². The van der Waals surface area contributed by atoms with Crippen molar-refractivity contribution in [3.05, 3.63) is 24.0 Å². The van der Waals surface area contributed by atoms with Gasteiger partial charge in [-0.1, -0.05) is 0 Å². The topological polar surface area (TPSA) is 70.4 Å². The number of nitrogens with zero attached hydrogens (tertiary/aromatic N) is 2. The van der Waals surface area contributed by atoms with Gasteiger partial charge in [-0.3, -0.25) is 9.78 Å². The summed E-state index contributed by atoms with van der Waals surface area (Å²) in [5.74, 6) is -1.04. The van der Waals surface area contributed by atoms with Gasteiger partial charge >= 0.3 is 5.97 Å². The summed E-state index contributed by atoms with van der Waals surface area (Å²) < 4.78 is 11.3. The van der Waals surface area contributed by atoms with Crippen molar-refractivity contribution >= 4 is 22.8 Å². The lowest BCUT2D eigenvalue weighted by Gasteiger charge is -2.03. The van der Waals surface area contributed by atoms with Crippen LogP contribution in [-0.4, -0.2) is 35.5 Å². The summed E-state index contributed by atoms with van der Waals surface area (Å²) in [6.07, 6.45) is 3.06. The van der Waals surface area contributed by atoms with Gasteiger partial charge in [-0.05, 0) is 0 Å². The van der Waals surface area contributed by atoms with Gasteiger partial charge in [0.2, 0.25) is 0 Å². The second kappa shape index (κ2) is 4.48. The van der Waals surface area contributed by atoms with Crippen LogP contribution in [0.2, 0.25) is 0 Å². The Labute approximate surface area is 103 Å². The molecular weight excluding hydrogens is 236 g/mol. The van der Waals surface area contributed by atoms with Gasteiger partial charge in [0.05, 0.1) is 19.8 Å². The number of hydrogen-bond donors (Lipinski definition) is 0. The Hall–Kier alpha value is -2.37. The van der Waals surface area contributed by atoms with Gasteiger partial charge in [0.1, 0.15) is 16.8 Å². The first-order chi connectivity index (χ1) is 8.60. The molecule has 0 unspecified atom stereocenters. The highest BCUT2D eigenvalue weighted by Gasteiger charge is 2.23. The highest BCUT2D eigenvalue weighted by atomic mass is 16.5. The fraction of sp³-hybridized carbons (Fsp3) is 0.250. The Morgan fingerprint density at radius 2 is 2.06 bits per heavy atom. The number of fused-ring (bicyclic) bond motifs is 1. The molecule has 0 atom stereocenters. The number of esters is 1. The molecule has 0 N–H and O–H groups in total. The van der Waals surface area contributed by atoms with E-state index in [9.17, 15) is 9.59 Å².